The van der Waals surface area contributed by atoms with E-state index in [2.05, 4.69) is 18.7 Å². The van der Waals surface area contributed by atoms with Gasteiger partial charge < -0.3 is 10.8 Å². The Hall–Kier alpha value is -1.22. The summed E-state index contributed by atoms with van der Waals surface area (Å²) >= 11 is 0. The molecule has 1 aliphatic rings. The Morgan fingerprint density at radius 2 is 2.18 bits per heavy atom. The van der Waals surface area contributed by atoms with Gasteiger partial charge in [0.05, 0.1) is 0 Å². The molecule has 1 aromatic rings. The average Bonchev–Trinajstić information content (AvgIpc) is 2.22. The van der Waals surface area contributed by atoms with Crippen molar-refractivity contribution in [1.82, 2.24) is 4.90 Å². The lowest BCUT2D eigenvalue weighted by molar-refractivity contribution is 0.111. The molecule has 1 aromatic carbocycles. The molecule has 0 spiro atoms. The number of benzene rings is 1. The standard InChI is InChI=1S/C14H22N2O/c1-14(2)6-3-7-16(10-14)9-11-8-12(15)4-5-13(11)17/h4-5,8,17H,3,6-7,9-10,15H2,1-2H3. The maximum absolute atomic E-state index is 9.81. The highest BCUT2D eigenvalue weighted by Gasteiger charge is 2.26. The lowest BCUT2D eigenvalue weighted by Crippen LogP contribution is -2.39. The average molecular weight is 234 g/mol. The van der Waals surface area contributed by atoms with Crippen LogP contribution in [-0.2, 0) is 6.54 Å². The molecule has 0 unspecified atom stereocenters. The number of anilines is 1. The molecule has 1 saturated heterocycles. The number of phenols is 1. The van der Waals surface area contributed by atoms with E-state index < -0.39 is 0 Å². The van der Waals surface area contributed by atoms with Gasteiger partial charge in [0.25, 0.3) is 0 Å². The van der Waals surface area contributed by atoms with Crippen molar-refractivity contribution in [2.24, 2.45) is 5.41 Å². The Morgan fingerprint density at radius 1 is 1.41 bits per heavy atom. The summed E-state index contributed by atoms with van der Waals surface area (Å²) < 4.78 is 0. The Bertz CT molecular complexity index is 401. The number of nitrogens with two attached hydrogens (primary N) is 1. The van der Waals surface area contributed by atoms with E-state index in [1.165, 1.54) is 12.8 Å². The Balaban J connectivity index is 2.07. The summed E-state index contributed by atoms with van der Waals surface area (Å²) in [6.45, 7) is 7.59. The number of phenolic OH excluding ortho intramolecular Hbond substituents is 1. The molecular weight excluding hydrogens is 212 g/mol. The van der Waals surface area contributed by atoms with Crippen LogP contribution in [0.25, 0.3) is 0 Å². The molecular formula is C14H22N2O. The van der Waals surface area contributed by atoms with E-state index in [-0.39, 0.29) is 0 Å². The van der Waals surface area contributed by atoms with Gasteiger partial charge in [-0.05, 0) is 43.0 Å². The fraction of sp³-hybridized carbons (Fsp3) is 0.571. The molecule has 94 valence electrons. The van der Waals surface area contributed by atoms with Crippen molar-refractivity contribution in [3.8, 4) is 5.75 Å². The smallest absolute Gasteiger partial charge is 0.120 e. The molecule has 0 aromatic heterocycles. The Labute approximate surface area is 103 Å². The Morgan fingerprint density at radius 3 is 2.88 bits per heavy atom. The van der Waals surface area contributed by atoms with E-state index in [0.717, 1.165) is 25.2 Å². The van der Waals surface area contributed by atoms with Gasteiger partial charge in [-0.1, -0.05) is 13.8 Å². The zero-order valence-electron chi connectivity index (χ0n) is 10.7. The molecule has 0 aliphatic carbocycles. The number of hydrogen-bond donors (Lipinski definition) is 2. The molecule has 0 radical (unpaired) electrons. The minimum Gasteiger partial charge on any atom is -0.508 e. The van der Waals surface area contributed by atoms with Crippen LogP contribution in [0.15, 0.2) is 18.2 Å². The molecule has 3 nitrogen and oxygen atoms in total. The number of nitrogens with zero attached hydrogens (tertiary/aromatic N) is 1. The molecule has 3 N–H and O–H groups in total. The van der Waals surface area contributed by atoms with Crippen molar-refractivity contribution >= 4 is 5.69 Å². The van der Waals surface area contributed by atoms with E-state index in [0.29, 0.717) is 16.9 Å². The van der Waals surface area contributed by atoms with Crippen molar-refractivity contribution in [3.05, 3.63) is 23.8 Å². The zero-order valence-corrected chi connectivity index (χ0v) is 10.7. The normalized spacial score (nSPS) is 20.4. The topological polar surface area (TPSA) is 49.5 Å². The molecule has 3 heteroatoms. The largest absolute Gasteiger partial charge is 0.508 e. The second-order valence-electron chi connectivity index (χ2n) is 5.87. The van der Waals surface area contributed by atoms with Gasteiger partial charge >= 0.3 is 0 Å². The van der Waals surface area contributed by atoms with Gasteiger partial charge in [-0.3, -0.25) is 4.90 Å². The van der Waals surface area contributed by atoms with Crippen molar-refractivity contribution in [3.63, 3.8) is 0 Å². The van der Waals surface area contributed by atoms with Crippen LogP contribution >= 0.6 is 0 Å². The van der Waals surface area contributed by atoms with Crippen LogP contribution in [0.3, 0.4) is 0 Å². The molecule has 2 rings (SSSR count). The molecule has 0 saturated carbocycles. The summed E-state index contributed by atoms with van der Waals surface area (Å²) in [7, 11) is 0. The fourth-order valence-electron chi connectivity index (χ4n) is 2.65. The number of nitrogen functional groups attached to an aromatic ring is 1. The van der Waals surface area contributed by atoms with Crippen LogP contribution in [0.2, 0.25) is 0 Å². The first-order valence-corrected chi connectivity index (χ1v) is 6.26. The van der Waals surface area contributed by atoms with Crippen LogP contribution in [0.4, 0.5) is 5.69 Å². The Kier molecular flexibility index (Phi) is 3.29. The first kappa shape index (κ1) is 12.2. The first-order chi connectivity index (χ1) is 7.96. The highest BCUT2D eigenvalue weighted by molar-refractivity contribution is 5.47. The summed E-state index contributed by atoms with van der Waals surface area (Å²) in [6, 6.07) is 5.29. The predicted octanol–water partition coefficient (Wildman–Crippen LogP) is 2.60. The maximum atomic E-state index is 9.81. The van der Waals surface area contributed by atoms with Crippen molar-refractivity contribution < 1.29 is 5.11 Å². The number of piperidine rings is 1. The van der Waals surface area contributed by atoms with Crippen molar-refractivity contribution in [2.45, 2.75) is 33.2 Å². The van der Waals surface area contributed by atoms with E-state index in [1.54, 1.807) is 12.1 Å². The highest BCUT2D eigenvalue weighted by atomic mass is 16.3. The lowest BCUT2D eigenvalue weighted by Gasteiger charge is -2.38. The van der Waals surface area contributed by atoms with Crippen molar-refractivity contribution in [2.75, 3.05) is 18.8 Å². The zero-order chi connectivity index (χ0) is 12.5. The highest BCUT2D eigenvalue weighted by Crippen LogP contribution is 2.30. The molecule has 0 atom stereocenters. The minimum absolute atomic E-state index is 0.350. The number of hydrogen-bond acceptors (Lipinski definition) is 3. The van der Waals surface area contributed by atoms with E-state index in [9.17, 15) is 5.11 Å². The second-order valence-corrected chi connectivity index (χ2v) is 5.87. The van der Waals surface area contributed by atoms with Gasteiger partial charge in [0.1, 0.15) is 5.75 Å². The molecule has 0 amide bonds. The third-order valence-electron chi connectivity index (χ3n) is 3.48. The van der Waals surface area contributed by atoms with Gasteiger partial charge in [0.15, 0.2) is 0 Å². The van der Waals surface area contributed by atoms with E-state index in [4.69, 9.17) is 5.73 Å². The third kappa shape index (κ3) is 3.13. The molecule has 1 fully saturated rings. The van der Waals surface area contributed by atoms with Gasteiger partial charge in [-0.15, -0.1) is 0 Å². The minimum atomic E-state index is 0.350. The van der Waals surface area contributed by atoms with Crippen LogP contribution in [-0.4, -0.2) is 23.1 Å². The summed E-state index contributed by atoms with van der Waals surface area (Å²) in [4.78, 5) is 2.40. The number of likely N-dealkylation sites (tertiary alicyclic amines) is 1. The van der Waals surface area contributed by atoms with Crippen LogP contribution in [0.1, 0.15) is 32.3 Å². The summed E-state index contributed by atoms with van der Waals surface area (Å²) in [5.74, 6) is 0.350. The van der Waals surface area contributed by atoms with E-state index in [1.807, 2.05) is 6.07 Å². The van der Waals surface area contributed by atoms with Crippen LogP contribution < -0.4 is 5.73 Å². The van der Waals surface area contributed by atoms with Gasteiger partial charge in [-0.25, -0.2) is 0 Å². The quantitative estimate of drug-likeness (QED) is 0.611. The van der Waals surface area contributed by atoms with Crippen LogP contribution in [0.5, 0.6) is 5.75 Å². The predicted molar refractivity (Wildman–Crippen MR) is 70.8 cm³/mol. The SMILES string of the molecule is CC1(C)CCCN(Cc2cc(N)ccc2O)C1. The number of rotatable bonds is 2. The summed E-state index contributed by atoms with van der Waals surface area (Å²) in [5, 5.41) is 9.81. The van der Waals surface area contributed by atoms with Gasteiger partial charge in [-0.2, -0.15) is 0 Å². The second kappa shape index (κ2) is 4.57. The fourth-order valence-corrected chi connectivity index (χ4v) is 2.65. The molecule has 0 bridgehead atoms. The van der Waals surface area contributed by atoms with Gasteiger partial charge in [0, 0.05) is 24.3 Å². The summed E-state index contributed by atoms with van der Waals surface area (Å²) in [5.41, 5.74) is 7.79. The molecule has 1 aliphatic heterocycles. The summed E-state index contributed by atoms with van der Waals surface area (Å²) in [6.07, 6.45) is 2.52. The number of aromatic hydroxyl groups is 1. The lowest BCUT2D eigenvalue weighted by atomic mass is 9.84. The van der Waals surface area contributed by atoms with E-state index >= 15 is 0 Å². The molecule has 17 heavy (non-hydrogen) atoms. The first-order valence-electron chi connectivity index (χ1n) is 6.26. The third-order valence-corrected chi connectivity index (χ3v) is 3.48. The van der Waals surface area contributed by atoms with Crippen molar-refractivity contribution in [1.29, 1.82) is 0 Å². The monoisotopic (exact) mass is 234 g/mol. The van der Waals surface area contributed by atoms with Crippen LogP contribution in [0, 0.1) is 5.41 Å². The van der Waals surface area contributed by atoms with Gasteiger partial charge in [0.2, 0.25) is 0 Å². The maximum Gasteiger partial charge on any atom is 0.120 e. The molecule has 1 heterocycles.